The lowest BCUT2D eigenvalue weighted by atomic mass is 9.83. The van der Waals surface area contributed by atoms with Gasteiger partial charge in [-0.15, -0.1) is 0 Å². The Labute approximate surface area is 149 Å². The average molecular weight is 343 g/mol. The van der Waals surface area contributed by atoms with Gasteiger partial charge in [0.1, 0.15) is 0 Å². The van der Waals surface area contributed by atoms with Gasteiger partial charge in [-0.25, -0.2) is 8.78 Å². The van der Waals surface area contributed by atoms with E-state index in [4.69, 9.17) is 5.73 Å². The third kappa shape index (κ3) is 4.91. The van der Waals surface area contributed by atoms with E-state index < -0.39 is 5.92 Å². The van der Waals surface area contributed by atoms with Gasteiger partial charge in [-0.2, -0.15) is 0 Å². The Balaban J connectivity index is 2.23. The Hall–Kier alpha value is -2.16. The molecule has 2 atom stereocenters. The first-order valence-electron chi connectivity index (χ1n) is 8.75. The van der Waals surface area contributed by atoms with Crippen molar-refractivity contribution in [2.75, 3.05) is 0 Å². The van der Waals surface area contributed by atoms with Crippen molar-refractivity contribution in [3.63, 3.8) is 0 Å². The van der Waals surface area contributed by atoms with E-state index in [0.29, 0.717) is 17.2 Å². The van der Waals surface area contributed by atoms with Crippen LogP contribution >= 0.6 is 0 Å². The molecule has 0 aliphatic heterocycles. The number of alkyl halides is 2. The number of hydrogen-bond donors (Lipinski definition) is 1. The zero-order valence-electron chi connectivity index (χ0n) is 15.2. The van der Waals surface area contributed by atoms with Gasteiger partial charge in [0.05, 0.1) is 0 Å². The van der Waals surface area contributed by atoms with Gasteiger partial charge in [0.15, 0.2) is 0 Å². The summed E-state index contributed by atoms with van der Waals surface area (Å²) in [5.74, 6) is -2.16. The fourth-order valence-electron chi connectivity index (χ4n) is 3.06. The van der Waals surface area contributed by atoms with E-state index in [1.807, 2.05) is 0 Å². The normalized spacial score (nSPS) is 19.5. The summed E-state index contributed by atoms with van der Waals surface area (Å²) in [6, 6.07) is 6.30. The van der Waals surface area contributed by atoms with Crippen LogP contribution in [0.1, 0.15) is 44.7 Å². The number of allylic oxidation sites excluding steroid dienone is 5. The highest BCUT2D eigenvalue weighted by Crippen LogP contribution is 2.32. The molecule has 1 aromatic rings. The lowest BCUT2D eigenvalue weighted by molar-refractivity contribution is 0.0174. The van der Waals surface area contributed by atoms with Gasteiger partial charge < -0.3 is 5.73 Å². The van der Waals surface area contributed by atoms with Crippen molar-refractivity contribution in [3.05, 3.63) is 77.0 Å². The van der Waals surface area contributed by atoms with Crippen molar-refractivity contribution in [1.82, 2.24) is 0 Å². The highest BCUT2D eigenvalue weighted by Gasteiger charge is 2.24. The maximum absolute atomic E-state index is 13.5. The largest absolute Gasteiger partial charge is 0.398 e. The molecule has 2 N–H and O–H groups in total. The Morgan fingerprint density at radius 1 is 1.44 bits per heavy atom. The van der Waals surface area contributed by atoms with E-state index >= 15 is 0 Å². The van der Waals surface area contributed by atoms with Crippen LogP contribution in [0.5, 0.6) is 0 Å². The fraction of sp³-hybridized carbons (Fsp3) is 0.364. The third-order valence-electron chi connectivity index (χ3n) is 4.66. The first-order valence-corrected chi connectivity index (χ1v) is 8.75. The highest BCUT2D eigenvalue weighted by molar-refractivity contribution is 5.59. The molecule has 0 fully saturated rings. The fourth-order valence-corrected chi connectivity index (χ4v) is 3.06. The predicted molar refractivity (Wildman–Crippen MR) is 102 cm³/mol. The van der Waals surface area contributed by atoms with Crippen LogP contribution in [-0.2, 0) is 5.92 Å². The Bertz CT molecular complexity index is 720. The maximum Gasteiger partial charge on any atom is 0.270 e. The number of nitrogens with two attached hydrogens (primary N) is 1. The summed E-state index contributed by atoms with van der Waals surface area (Å²) in [4.78, 5) is 0. The molecule has 0 saturated heterocycles. The molecule has 0 bridgehead atoms. The summed E-state index contributed by atoms with van der Waals surface area (Å²) in [6.45, 7) is 9.36. The lowest BCUT2D eigenvalue weighted by Crippen LogP contribution is -2.13. The Morgan fingerprint density at radius 3 is 2.72 bits per heavy atom. The minimum absolute atomic E-state index is 0.0152. The molecule has 0 amide bonds. The van der Waals surface area contributed by atoms with Crippen LogP contribution in [0.3, 0.4) is 0 Å². The second kappa shape index (κ2) is 7.81. The molecule has 2 unspecified atom stereocenters. The minimum Gasteiger partial charge on any atom is -0.398 e. The summed E-state index contributed by atoms with van der Waals surface area (Å²) in [5, 5.41) is 0. The zero-order valence-corrected chi connectivity index (χ0v) is 15.2. The molecule has 2 rings (SSSR count). The molecule has 134 valence electrons. The second-order valence-corrected chi connectivity index (χ2v) is 6.88. The van der Waals surface area contributed by atoms with Crippen molar-refractivity contribution >= 4 is 6.08 Å². The minimum atomic E-state index is -2.87. The number of rotatable bonds is 6. The van der Waals surface area contributed by atoms with Gasteiger partial charge in [0.25, 0.3) is 5.92 Å². The molecule has 0 radical (unpaired) electrons. The number of halogens is 2. The standard InChI is InChI=1S/C22H27F2N/c1-5-20(18-11-9-15(2)10-12-18)16(3)21(25)14-17-7-6-8-19(13-17)22(4,23)24/h6-9,11-15,20H,3,5,10,25H2,1-2,4H3/b21-14+. The van der Waals surface area contributed by atoms with Crippen molar-refractivity contribution < 1.29 is 8.78 Å². The van der Waals surface area contributed by atoms with Crippen LogP contribution in [0, 0.1) is 11.8 Å². The van der Waals surface area contributed by atoms with Crippen LogP contribution in [0.2, 0.25) is 0 Å². The molecule has 1 nitrogen and oxygen atoms in total. The zero-order chi connectivity index (χ0) is 18.6. The highest BCUT2D eigenvalue weighted by atomic mass is 19.3. The summed E-state index contributed by atoms with van der Waals surface area (Å²) < 4.78 is 27.0. The molecule has 0 heterocycles. The Kier molecular flexibility index (Phi) is 5.99. The number of benzene rings is 1. The molecule has 0 saturated carbocycles. The molecular weight excluding hydrogens is 316 g/mol. The van der Waals surface area contributed by atoms with Gasteiger partial charge in [0, 0.05) is 24.1 Å². The Morgan fingerprint density at radius 2 is 2.16 bits per heavy atom. The van der Waals surface area contributed by atoms with Crippen LogP contribution in [-0.4, -0.2) is 0 Å². The van der Waals surface area contributed by atoms with Crippen LogP contribution < -0.4 is 5.73 Å². The maximum atomic E-state index is 13.5. The predicted octanol–water partition coefficient (Wildman–Crippen LogP) is 6.20. The summed E-state index contributed by atoms with van der Waals surface area (Å²) in [6.07, 6.45) is 10.3. The molecule has 0 aromatic heterocycles. The quantitative estimate of drug-likeness (QED) is 0.611. The monoisotopic (exact) mass is 343 g/mol. The van der Waals surface area contributed by atoms with Gasteiger partial charge >= 0.3 is 0 Å². The summed E-state index contributed by atoms with van der Waals surface area (Å²) >= 11 is 0. The van der Waals surface area contributed by atoms with Crippen molar-refractivity contribution in [1.29, 1.82) is 0 Å². The molecular formula is C22H27F2N. The van der Waals surface area contributed by atoms with Crippen molar-refractivity contribution in [3.8, 4) is 0 Å². The van der Waals surface area contributed by atoms with E-state index in [-0.39, 0.29) is 11.5 Å². The average Bonchev–Trinajstić information content (AvgIpc) is 2.56. The lowest BCUT2D eigenvalue weighted by Gasteiger charge is -2.23. The van der Waals surface area contributed by atoms with Gasteiger partial charge in [-0.05, 0) is 47.6 Å². The van der Waals surface area contributed by atoms with Gasteiger partial charge in [0.2, 0.25) is 0 Å². The van der Waals surface area contributed by atoms with E-state index in [2.05, 4.69) is 38.7 Å². The van der Waals surface area contributed by atoms with E-state index in [9.17, 15) is 8.78 Å². The first kappa shape index (κ1) is 19.2. The van der Waals surface area contributed by atoms with E-state index in [0.717, 1.165) is 25.3 Å². The molecule has 3 heteroatoms. The second-order valence-electron chi connectivity index (χ2n) is 6.88. The smallest absolute Gasteiger partial charge is 0.270 e. The van der Waals surface area contributed by atoms with Crippen LogP contribution in [0.25, 0.3) is 6.08 Å². The molecule has 0 spiro atoms. The molecule has 1 aliphatic carbocycles. The topological polar surface area (TPSA) is 26.0 Å². The van der Waals surface area contributed by atoms with Crippen LogP contribution in [0.4, 0.5) is 8.78 Å². The summed E-state index contributed by atoms with van der Waals surface area (Å²) in [7, 11) is 0. The van der Waals surface area contributed by atoms with Crippen molar-refractivity contribution in [2.24, 2.45) is 17.6 Å². The summed E-state index contributed by atoms with van der Waals surface area (Å²) in [5.41, 5.74) is 9.49. The first-order chi connectivity index (χ1) is 11.7. The van der Waals surface area contributed by atoms with Crippen LogP contribution in [0.15, 0.2) is 65.9 Å². The van der Waals surface area contributed by atoms with Crippen molar-refractivity contribution in [2.45, 2.75) is 39.5 Å². The van der Waals surface area contributed by atoms with Gasteiger partial charge in [-0.1, -0.05) is 56.9 Å². The number of hydrogen-bond acceptors (Lipinski definition) is 1. The van der Waals surface area contributed by atoms with E-state index in [1.54, 1.807) is 18.2 Å². The SMILES string of the molecule is C=C(/C(N)=C\c1cccc(C(C)(F)F)c1)C(CC)C1=CCC(C)C=C1. The van der Waals surface area contributed by atoms with Gasteiger partial charge in [-0.3, -0.25) is 0 Å². The third-order valence-corrected chi connectivity index (χ3v) is 4.66. The molecule has 1 aromatic carbocycles. The molecule has 1 aliphatic rings. The molecule has 25 heavy (non-hydrogen) atoms. The van der Waals surface area contributed by atoms with E-state index in [1.165, 1.54) is 17.7 Å².